The smallest absolute Gasteiger partial charge is 0.244 e. The molecule has 1 amide bonds. The lowest BCUT2D eigenvalue weighted by molar-refractivity contribution is -0.128. The van der Waals surface area contributed by atoms with Crippen molar-refractivity contribution in [2.45, 2.75) is 70.8 Å². The first-order chi connectivity index (χ1) is 13.3. The summed E-state index contributed by atoms with van der Waals surface area (Å²) in [6, 6.07) is 0.602. The van der Waals surface area contributed by atoms with Crippen LogP contribution in [0.3, 0.4) is 0 Å². The molecule has 154 valence electrons. The highest BCUT2D eigenvalue weighted by Gasteiger charge is 2.27. The van der Waals surface area contributed by atoms with Crippen LogP contribution in [0.2, 0.25) is 0 Å². The van der Waals surface area contributed by atoms with Crippen LogP contribution in [0.4, 0.5) is 0 Å². The van der Waals surface area contributed by atoms with Gasteiger partial charge in [-0.3, -0.25) is 9.69 Å². The van der Waals surface area contributed by atoms with E-state index in [9.17, 15) is 4.79 Å². The number of nitrogens with zero attached hydrogens (tertiary/aromatic N) is 3. The van der Waals surface area contributed by atoms with E-state index in [4.69, 9.17) is 0 Å². The van der Waals surface area contributed by atoms with Gasteiger partial charge in [0.1, 0.15) is 6.54 Å². The fourth-order valence-corrected chi connectivity index (χ4v) is 4.84. The van der Waals surface area contributed by atoms with Crippen LogP contribution in [-0.2, 0) is 4.79 Å². The van der Waals surface area contributed by atoms with E-state index >= 15 is 0 Å². The second kappa shape index (κ2) is 10.9. The zero-order valence-corrected chi connectivity index (χ0v) is 17.2. The molecular formula is C21H39N5O. The zero-order chi connectivity index (χ0) is 18.9. The van der Waals surface area contributed by atoms with E-state index in [2.05, 4.69) is 27.4 Å². The normalized spacial score (nSPS) is 25.1. The Labute approximate surface area is 165 Å². The standard InChI is InChI=1S/C21H39N5O/c1-2-22-21(24-16-20(27)25-12-6-7-13-25)23-15-19-11-8-14-26(19)17-18-9-4-3-5-10-18/h18-19H,2-17H2,1H3,(H2,22,23,24). The lowest BCUT2D eigenvalue weighted by Gasteiger charge is -2.31. The van der Waals surface area contributed by atoms with Gasteiger partial charge in [0.05, 0.1) is 0 Å². The van der Waals surface area contributed by atoms with Crippen molar-refractivity contribution in [3.8, 4) is 0 Å². The predicted octanol–water partition coefficient (Wildman–Crippen LogP) is 2.21. The van der Waals surface area contributed by atoms with Gasteiger partial charge in [-0.1, -0.05) is 19.3 Å². The van der Waals surface area contributed by atoms with Gasteiger partial charge in [0.2, 0.25) is 5.91 Å². The third-order valence-corrected chi connectivity index (χ3v) is 6.40. The lowest BCUT2D eigenvalue weighted by Crippen LogP contribution is -2.46. The van der Waals surface area contributed by atoms with Crippen LogP contribution in [-0.4, -0.2) is 73.5 Å². The Hall–Kier alpha value is -1.30. The van der Waals surface area contributed by atoms with E-state index < -0.39 is 0 Å². The summed E-state index contributed by atoms with van der Waals surface area (Å²) < 4.78 is 0. The molecule has 1 atom stereocenters. The van der Waals surface area contributed by atoms with Gasteiger partial charge in [-0.05, 0) is 57.9 Å². The van der Waals surface area contributed by atoms with Crippen molar-refractivity contribution >= 4 is 11.9 Å². The molecule has 2 N–H and O–H groups in total. The van der Waals surface area contributed by atoms with E-state index in [1.165, 1.54) is 58.0 Å². The van der Waals surface area contributed by atoms with E-state index in [-0.39, 0.29) is 12.5 Å². The Bertz CT molecular complexity index is 483. The van der Waals surface area contributed by atoms with E-state index in [1.807, 2.05) is 4.90 Å². The highest BCUT2D eigenvalue weighted by atomic mass is 16.2. The SMILES string of the molecule is CCNC(=NCC(=O)N1CCCC1)NCC1CCCN1CC1CCCCC1. The molecule has 2 aliphatic heterocycles. The number of hydrogen-bond acceptors (Lipinski definition) is 3. The van der Waals surface area contributed by atoms with Crippen molar-refractivity contribution in [2.75, 3.05) is 45.8 Å². The second-order valence-corrected chi connectivity index (χ2v) is 8.46. The predicted molar refractivity (Wildman–Crippen MR) is 111 cm³/mol. The monoisotopic (exact) mass is 377 g/mol. The molecule has 0 aromatic rings. The van der Waals surface area contributed by atoms with Crippen LogP contribution < -0.4 is 10.6 Å². The highest BCUT2D eigenvalue weighted by Crippen LogP contribution is 2.27. The van der Waals surface area contributed by atoms with Gasteiger partial charge in [0, 0.05) is 38.8 Å². The van der Waals surface area contributed by atoms with Crippen LogP contribution in [0.25, 0.3) is 0 Å². The summed E-state index contributed by atoms with van der Waals surface area (Å²) in [4.78, 5) is 21.4. The summed E-state index contributed by atoms with van der Waals surface area (Å²) in [6.07, 6.45) is 11.9. The van der Waals surface area contributed by atoms with Gasteiger partial charge in [-0.2, -0.15) is 0 Å². The number of hydrogen-bond donors (Lipinski definition) is 2. The molecule has 1 unspecified atom stereocenters. The van der Waals surface area contributed by atoms with Crippen molar-refractivity contribution < 1.29 is 4.79 Å². The molecule has 0 spiro atoms. The molecular weight excluding hydrogens is 338 g/mol. The number of carbonyl (C=O) groups excluding carboxylic acids is 1. The molecule has 6 nitrogen and oxygen atoms in total. The maximum absolute atomic E-state index is 12.2. The van der Waals surface area contributed by atoms with E-state index in [1.54, 1.807) is 0 Å². The van der Waals surface area contributed by atoms with Gasteiger partial charge in [0.15, 0.2) is 5.96 Å². The summed E-state index contributed by atoms with van der Waals surface area (Å²) in [5.41, 5.74) is 0. The Morgan fingerprint density at radius 3 is 2.48 bits per heavy atom. The molecule has 1 aliphatic carbocycles. The maximum Gasteiger partial charge on any atom is 0.244 e. The molecule has 0 bridgehead atoms. The average Bonchev–Trinajstić information content (AvgIpc) is 3.37. The van der Waals surface area contributed by atoms with Crippen LogP contribution in [0.1, 0.15) is 64.7 Å². The van der Waals surface area contributed by atoms with Crippen LogP contribution in [0.5, 0.6) is 0 Å². The third-order valence-electron chi connectivity index (χ3n) is 6.40. The molecule has 6 heteroatoms. The molecule has 3 aliphatic rings. The topological polar surface area (TPSA) is 60.0 Å². The molecule has 0 aromatic carbocycles. The minimum absolute atomic E-state index is 0.157. The molecule has 1 saturated carbocycles. The summed E-state index contributed by atoms with van der Waals surface area (Å²) in [5, 5.41) is 6.80. The minimum atomic E-state index is 0.157. The van der Waals surface area contributed by atoms with Gasteiger partial charge in [-0.15, -0.1) is 0 Å². The first kappa shape index (κ1) is 20.4. The van der Waals surface area contributed by atoms with E-state index in [0.29, 0.717) is 6.04 Å². The summed E-state index contributed by atoms with van der Waals surface area (Å²) in [6.45, 7) is 8.39. The largest absolute Gasteiger partial charge is 0.357 e. The van der Waals surface area contributed by atoms with Crippen molar-refractivity contribution in [1.29, 1.82) is 0 Å². The first-order valence-electron chi connectivity index (χ1n) is 11.3. The maximum atomic E-state index is 12.2. The number of guanidine groups is 1. The fraction of sp³-hybridized carbons (Fsp3) is 0.905. The molecule has 0 radical (unpaired) electrons. The van der Waals surface area contributed by atoms with Crippen LogP contribution in [0.15, 0.2) is 4.99 Å². The summed E-state index contributed by atoms with van der Waals surface area (Å²) >= 11 is 0. The lowest BCUT2D eigenvalue weighted by atomic mass is 9.89. The first-order valence-corrected chi connectivity index (χ1v) is 11.3. The molecule has 2 saturated heterocycles. The number of carbonyl (C=O) groups is 1. The van der Waals surface area contributed by atoms with Crippen molar-refractivity contribution in [2.24, 2.45) is 10.9 Å². The minimum Gasteiger partial charge on any atom is -0.357 e. The third kappa shape index (κ3) is 6.37. The number of amides is 1. The Morgan fingerprint density at radius 2 is 1.74 bits per heavy atom. The second-order valence-electron chi connectivity index (χ2n) is 8.46. The van der Waals surface area contributed by atoms with Gasteiger partial charge in [-0.25, -0.2) is 4.99 Å². The number of nitrogens with one attached hydrogen (secondary N) is 2. The molecule has 2 heterocycles. The average molecular weight is 378 g/mol. The zero-order valence-electron chi connectivity index (χ0n) is 17.2. The fourth-order valence-electron chi connectivity index (χ4n) is 4.84. The summed E-state index contributed by atoms with van der Waals surface area (Å²) in [5.74, 6) is 1.85. The Morgan fingerprint density at radius 1 is 0.963 bits per heavy atom. The van der Waals surface area contributed by atoms with Crippen molar-refractivity contribution in [3.63, 3.8) is 0 Å². The number of rotatable bonds is 7. The Kier molecular flexibility index (Phi) is 8.24. The molecule has 3 rings (SSSR count). The van der Waals surface area contributed by atoms with Crippen molar-refractivity contribution in [1.82, 2.24) is 20.4 Å². The van der Waals surface area contributed by atoms with Crippen molar-refractivity contribution in [3.05, 3.63) is 0 Å². The van der Waals surface area contributed by atoms with Gasteiger partial charge >= 0.3 is 0 Å². The van der Waals surface area contributed by atoms with Crippen LogP contribution >= 0.6 is 0 Å². The molecule has 3 fully saturated rings. The van der Waals surface area contributed by atoms with E-state index in [0.717, 1.165) is 50.9 Å². The number of aliphatic imine (C=N–C) groups is 1. The quantitative estimate of drug-likeness (QED) is 0.528. The molecule has 0 aromatic heterocycles. The van der Waals surface area contributed by atoms with Gasteiger partial charge < -0.3 is 15.5 Å². The summed E-state index contributed by atoms with van der Waals surface area (Å²) in [7, 11) is 0. The number of likely N-dealkylation sites (tertiary alicyclic amines) is 2. The highest BCUT2D eigenvalue weighted by molar-refractivity contribution is 5.85. The Balaban J connectivity index is 1.45. The molecule has 27 heavy (non-hydrogen) atoms. The van der Waals surface area contributed by atoms with Crippen LogP contribution in [0, 0.1) is 5.92 Å². The van der Waals surface area contributed by atoms with Gasteiger partial charge in [0.25, 0.3) is 0 Å².